The van der Waals surface area contributed by atoms with E-state index in [1.54, 1.807) is 49.1 Å². The van der Waals surface area contributed by atoms with Crippen LogP contribution >= 0.6 is 0 Å². The fraction of sp³-hybridized carbons (Fsp3) is 0.300. The van der Waals surface area contributed by atoms with E-state index in [0.29, 0.717) is 34.0 Å². The van der Waals surface area contributed by atoms with E-state index in [2.05, 4.69) is 21.8 Å². The minimum Gasteiger partial charge on any atom is -0.508 e. The number of aromatic nitrogens is 3. The molecule has 5 aromatic rings. The van der Waals surface area contributed by atoms with Gasteiger partial charge in [-0.1, -0.05) is 19.8 Å². The topological polar surface area (TPSA) is 133 Å². The van der Waals surface area contributed by atoms with Crippen LogP contribution in [0.15, 0.2) is 65.6 Å². The van der Waals surface area contributed by atoms with Gasteiger partial charge in [-0.3, -0.25) is 4.79 Å². The number of H-pyrrole nitrogens is 1. The number of rotatable bonds is 7. The van der Waals surface area contributed by atoms with Gasteiger partial charge in [-0.2, -0.15) is 0 Å². The molecule has 9 heteroatoms. The lowest BCUT2D eigenvalue weighted by Gasteiger charge is -2.31. The largest absolute Gasteiger partial charge is 0.508 e. The minimum absolute atomic E-state index is 0.0611. The van der Waals surface area contributed by atoms with E-state index in [0.717, 1.165) is 41.7 Å². The van der Waals surface area contributed by atoms with Gasteiger partial charge in [0.25, 0.3) is 5.91 Å². The van der Waals surface area contributed by atoms with E-state index in [1.165, 1.54) is 6.42 Å². The molecular formula is C30H30N4O5. The number of amides is 1. The Morgan fingerprint density at radius 2 is 2.03 bits per heavy atom. The van der Waals surface area contributed by atoms with Crippen LogP contribution < -0.4 is 5.32 Å². The number of carboxylic acid groups (broad SMARTS) is 1. The number of aromatic amines is 1. The molecule has 9 nitrogen and oxygen atoms in total. The molecule has 1 aliphatic rings. The lowest BCUT2D eigenvalue weighted by Crippen LogP contribution is -2.42. The quantitative estimate of drug-likeness (QED) is 0.216. The Morgan fingerprint density at radius 1 is 1.18 bits per heavy atom. The van der Waals surface area contributed by atoms with Crippen LogP contribution in [0.1, 0.15) is 54.6 Å². The third-order valence-corrected chi connectivity index (χ3v) is 7.91. The Kier molecular flexibility index (Phi) is 6.34. The standard InChI is InChI=1S/C30H30N4O5/c1-17-4-2-3-5-26(17)34-27-9-6-18(12-24(27)32-28(34)19-10-11-39-16-19)29(36)33-25(30(37)38)13-20-15-31-23-8-7-21(35)14-22(20)23/h6-12,14-17,25-26,31,35H,2-5,13H2,1H3,(H,33,36)(H,37,38)/t17?,25-,26?/m0/s1. The molecule has 0 saturated heterocycles. The van der Waals surface area contributed by atoms with Crippen molar-refractivity contribution >= 4 is 33.8 Å². The van der Waals surface area contributed by atoms with Crippen molar-refractivity contribution in [3.63, 3.8) is 0 Å². The molecule has 1 fully saturated rings. The van der Waals surface area contributed by atoms with E-state index in [-0.39, 0.29) is 12.2 Å². The van der Waals surface area contributed by atoms with Crippen LogP contribution in [-0.2, 0) is 11.2 Å². The van der Waals surface area contributed by atoms with E-state index in [9.17, 15) is 19.8 Å². The zero-order chi connectivity index (χ0) is 27.1. The molecule has 0 spiro atoms. The van der Waals surface area contributed by atoms with Crippen molar-refractivity contribution in [2.75, 3.05) is 0 Å². The second-order valence-electron chi connectivity index (χ2n) is 10.5. The average Bonchev–Trinajstić information content (AvgIpc) is 3.67. The Balaban J connectivity index is 1.31. The van der Waals surface area contributed by atoms with Gasteiger partial charge in [0.1, 0.15) is 23.9 Å². The Labute approximate surface area is 224 Å². The molecule has 3 aromatic heterocycles. The van der Waals surface area contributed by atoms with Crippen molar-refractivity contribution in [1.82, 2.24) is 19.9 Å². The number of aliphatic carboxylic acids is 1. The van der Waals surface area contributed by atoms with Gasteiger partial charge in [0, 0.05) is 35.1 Å². The third-order valence-electron chi connectivity index (χ3n) is 7.91. The summed E-state index contributed by atoms with van der Waals surface area (Å²) in [6, 6.07) is 11.2. The summed E-state index contributed by atoms with van der Waals surface area (Å²) in [7, 11) is 0. The van der Waals surface area contributed by atoms with Crippen LogP contribution in [0, 0.1) is 5.92 Å². The summed E-state index contributed by atoms with van der Waals surface area (Å²) < 4.78 is 7.63. The SMILES string of the molecule is CC1CCCCC1n1c(-c2ccoc2)nc2cc(C(=O)N[C@@H](Cc3c[nH]c4ccc(O)cc34)C(=O)O)ccc21. The molecule has 3 heterocycles. The number of phenolic OH excluding ortho intramolecular Hbond substituents is 1. The zero-order valence-electron chi connectivity index (χ0n) is 21.6. The second kappa shape index (κ2) is 9.98. The predicted molar refractivity (Wildman–Crippen MR) is 147 cm³/mol. The van der Waals surface area contributed by atoms with Crippen LogP contribution in [0.3, 0.4) is 0 Å². The Hall–Kier alpha value is -4.53. The van der Waals surface area contributed by atoms with Crippen LogP contribution in [0.5, 0.6) is 5.75 Å². The first-order chi connectivity index (χ1) is 18.9. The molecule has 2 unspecified atom stereocenters. The van der Waals surface area contributed by atoms with Crippen molar-refractivity contribution in [2.45, 2.75) is 51.1 Å². The lowest BCUT2D eigenvalue weighted by atomic mass is 9.85. The maximum atomic E-state index is 13.3. The monoisotopic (exact) mass is 526 g/mol. The first kappa shape index (κ1) is 24.8. The van der Waals surface area contributed by atoms with Crippen LogP contribution in [0.2, 0.25) is 0 Å². The molecular weight excluding hydrogens is 496 g/mol. The van der Waals surface area contributed by atoms with E-state index >= 15 is 0 Å². The molecule has 39 heavy (non-hydrogen) atoms. The van der Waals surface area contributed by atoms with Gasteiger partial charge in [0.2, 0.25) is 0 Å². The van der Waals surface area contributed by atoms with Crippen molar-refractivity contribution in [2.24, 2.45) is 5.92 Å². The smallest absolute Gasteiger partial charge is 0.326 e. The number of phenols is 1. The predicted octanol–water partition coefficient (Wildman–Crippen LogP) is 5.66. The summed E-state index contributed by atoms with van der Waals surface area (Å²) in [4.78, 5) is 33.3. The molecule has 0 radical (unpaired) electrons. The molecule has 0 aliphatic heterocycles. The van der Waals surface area contributed by atoms with Crippen LogP contribution in [-0.4, -0.2) is 42.7 Å². The number of imidazole rings is 1. The fourth-order valence-electron chi connectivity index (χ4n) is 5.85. The van der Waals surface area contributed by atoms with E-state index < -0.39 is 17.9 Å². The van der Waals surface area contributed by atoms with Crippen molar-refractivity contribution < 1.29 is 24.2 Å². The Morgan fingerprint density at radius 3 is 2.79 bits per heavy atom. The van der Waals surface area contributed by atoms with Gasteiger partial charge in [-0.05, 0) is 66.8 Å². The Bertz CT molecular complexity index is 1670. The second-order valence-corrected chi connectivity index (χ2v) is 10.5. The summed E-state index contributed by atoms with van der Waals surface area (Å²) in [6.07, 6.45) is 9.67. The summed E-state index contributed by atoms with van der Waals surface area (Å²) >= 11 is 0. The molecule has 1 saturated carbocycles. The van der Waals surface area contributed by atoms with Gasteiger partial charge >= 0.3 is 5.97 Å². The number of carboxylic acids is 1. The van der Waals surface area contributed by atoms with E-state index in [4.69, 9.17) is 9.40 Å². The lowest BCUT2D eigenvalue weighted by molar-refractivity contribution is -0.139. The highest BCUT2D eigenvalue weighted by molar-refractivity contribution is 6.00. The maximum absolute atomic E-state index is 13.3. The summed E-state index contributed by atoms with van der Waals surface area (Å²) in [5.41, 5.74) is 4.30. The van der Waals surface area contributed by atoms with E-state index in [1.807, 2.05) is 12.1 Å². The highest BCUT2D eigenvalue weighted by Gasteiger charge is 2.28. The van der Waals surface area contributed by atoms with Crippen molar-refractivity contribution in [3.8, 4) is 17.1 Å². The van der Waals surface area contributed by atoms with Crippen LogP contribution in [0.4, 0.5) is 0 Å². The highest BCUT2D eigenvalue weighted by Crippen LogP contribution is 2.39. The summed E-state index contributed by atoms with van der Waals surface area (Å²) in [5.74, 6) is -0.243. The van der Waals surface area contributed by atoms with Gasteiger partial charge in [0.15, 0.2) is 0 Å². The molecule has 0 bridgehead atoms. The van der Waals surface area contributed by atoms with Gasteiger partial charge in [0.05, 0.1) is 22.9 Å². The molecule has 200 valence electrons. The minimum atomic E-state index is -1.16. The third kappa shape index (κ3) is 4.65. The molecule has 2 aromatic carbocycles. The summed E-state index contributed by atoms with van der Waals surface area (Å²) in [5, 5.41) is 23.1. The molecule has 3 atom stereocenters. The average molecular weight is 527 g/mol. The number of benzene rings is 2. The number of carbonyl (C=O) groups is 2. The number of aromatic hydroxyl groups is 1. The first-order valence-corrected chi connectivity index (χ1v) is 13.3. The fourth-order valence-corrected chi connectivity index (χ4v) is 5.85. The number of hydrogen-bond acceptors (Lipinski definition) is 5. The van der Waals surface area contributed by atoms with Crippen molar-refractivity contribution in [1.29, 1.82) is 0 Å². The molecule has 6 rings (SSSR count). The van der Waals surface area contributed by atoms with Gasteiger partial charge in [-0.15, -0.1) is 0 Å². The molecule has 1 amide bonds. The number of furan rings is 1. The van der Waals surface area contributed by atoms with Gasteiger partial charge in [-0.25, -0.2) is 9.78 Å². The number of nitrogens with zero attached hydrogens (tertiary/aromatic N) is 2. The normalized spacial score (nSPS) is 18.4. The van der Waals surface area contributed by atoms with Gasteiger partial charge < -0.3 is 29.5 Å². The number of hydrogen-bond donors (Lipinski definition) is 4. The zero-order valence-corrected chi connectivity index (χ0v) is 21.6. The van der Waals surface area contributed by atoms with Crippen LogP contribution in [0.25, 0.3) is 33.3 Å². The van der Waals surface area contributed by atoms with Crippen molar-refractivity contribution in [3.05, 3.63) is 72.3 Å². The molecule has 4 N–H and O–H groups in total. The number of carbonyl (C=O) groups excluding carboxylic acids is 1. The highest BCUT2D eigenvalue weighted by atomic mass is 16.4. The molecule has 1 aliphatic carbocycles. The maximum Gasteiger partial charge on any atom is 0.326 e. The number of fused-ring (bicyclic) bond motifs is 2. The first-order valence-electron chi connectivity index (χ1n) is 13.3. The summed E-state index contributed by atoms with van der Waals surface area (Å²) in [6.45, 7) is 2.28. The number of nitrogens with one attached hydrogen (secondary N) is 2.